The van der Waals surface area contributed by atoms with Crippen LogP contribution in [-0.4, -0.2) is 0 Å². The Morgan fingerprint density at radius 2 is 0.286 bits per heavy atom. The van der Waals surface area contributed by atoms with Crippen LogP contribution in [0.5, 0.6) is 0 Å². The van der Waals surface area contributed by atoms with Crippen LogP contribution in [-0.2, 0) is 0 Å². The fourth-order valence-corrected chi connectivity index (χ4v) is 2.12. The lowest BCUT2D eigenvalue weighted by molar-refractivity contribution is 0.504. The predicted molar refractivity (Wildman–Crippen MR) is 76.2 cm³/mol. The smallest absolute Gasteiger partial charge is 0.0533 e. The van der Waals surface area contributed by atoms with Gasteiger partial charge in [-0.3, -0.25) is 0 Å². The van der Waals surface area contributed by atoms with Gasteiger partial charge in [-0.15, -0.1) is 0 Å². The number of hydrogen-bond donors (Lipinski definition) is 0. The minimum Gasteiger partial charge on any atom is -0.197 e. The van der Waals surface area contributed by atoms with Crippen molar-refractivity contribution in [1.29, 1.82) is 0 Å². The summed E-state index contributed by atoms with van der Waals surface area (Å²) in [4.78, 5) is 0. The zero-order chi connectivity index (χ0) is 8.49. The van der Waals surface area contributed by atoms with E-state index >= 15 is 0 Å². The number of rotatable bonds is 0. The molecule has 0 aromatic heterocycles. The van der Waals surface area contributed by atoms with Crippen molar-refractivity contribution in [3.05, 3.63) is 0 Å². The third-order valence-corrected chi connectivity index (χ3v) is 3.00. The topological polar surface area (TPSA) is 0 Å². The molecule has 0 spiro atoms. The molecular weight excluding hydrogens is 208 g/mol. The first-order valence-corrected chi connectivity index (χ1v) is 6.00. The summed E-state index contributed by atoms with van der Waals surface area (Å²) in [7, 11) is 0. The summed E-state index contributed by atoms with van der Waals surface area (Å²) < 4.78 is 0. The van der Waals surface area contributed by atoms with Gasteiger partial charge in [0.15, 0.2) is 0 Å². The highest BCUT2D eigenvalue weighted by atomic mass is 32.1. The summed E-state index contributed by atoms with van der Waals surface area (Å²) in [6.45, 7) is 0. The second-order valence-electron chi connectivity index (χ2n) is 4.24. The van der Waals surface area contributed by atoms with E-state index in [1.54, 1.807) is 0 Å². The Kier molecular flexibility index (Phi) is 16.7. The second kappa shape index (κ2) is 13.7. The van der Waals surface area contributed by atoms with Gasteiger partial charge in [-0.1, -0.05) is 77.0 Å². The Bertz CT molecular complexity index is 51.3. The van der Waals surface area contributed by atoms with Crippen LogP contribution >= 0.6 is 27.0 Å². The summed E-state index contributed by atoms with van der Waals surface area (Å²) in [5.74, 6) is 0. The van der Waals surface area contributed by atoms with E-state index in [2.05, 4.69) is 0 Å². The minimum absolute atomic E-state index is 0. The average molecular weight is 236 g/mol. The third kappa shape index (κ3) is 10.8. The lowest BCUT2D eigenvalue weighted by atomic mass is 10.0. The first-order chi connectivity index (χ1) is 6.00. The third-order valence-electron chi connectivity index (χ3n) is 3.00. The SMILES string of the molecule is C1CCCCC1.C1CCCCC1.S.S. The van der Waals surface area contributed by atoms with Gasteiger partial charge in [0.2, 0.25) is 0 Å². The maximum atomic E-state index is 1.50. The molecular formula is C12H28S2. The Morgan fingerprint density at radius 1 is 0.214 bits per heavy atom. The van der Waals surface area contributed by atoms with Crippen LogP contribution < -0.4 is 0 Å². The van der Waals surface area contributed by atoms with E-state index in [0.29, 0.717) is 0 Å². The van der Waals surface area contributed by atoms with Gasteiger partial charge in [0.1, 0.15) is 0 Å². The van der Waals surface area contributed by atoms with E-state index in [1.165, 1.54) is 77.0 Å². The second-order valence-corrected chi connectivity index (χ2v) is 4.24. The van der Waals surface area contributed by atoms with Crippen LogP contribution in [0.15, 0.2) is 0 Å². The van der Waals surface area contributed by atoms with Crippen LogP contribution in [0.3, 0.4) is 0 Å². The molecule has 0 bridgehead atoms. The monoisotopic (exact) mass is 236 g/mol. The van der Waals surface area contributed by atoms with Crippen molar-refractivity contribution in [3.63, 3.8) is 0 Å². The highest BCUT2D eigenvalue weighted by Crippen LogP contribution is 2.15. The van der Waals surface area contributed by atoms with E-state index in [4.69, 9.17) is 0 Å². The van der Waals surface area contributed by atoms with Crippen molar-refractivity contribution in [3.8, 4) is 0 Å². The van der Waals surface area contributed by atoms with E-state index in [9.17, 15) is 0 Å². The van der Waals surface area contributed by atoms with Crippen molar-refractivity contribution in [1.82, 2.24) is 0 Å². The Balaban J connectivity index is 0. The average Bonchev–Trinajstić information content (AvgIpc) is 2.24. The molecule has 0 nitrogen and oxygen atoms in total. The molecule has 0 unspecified atom stereocenters. The van der Waals surface area contributed by atoms with Crippen molar-refractivity contribution in [2.24, 2.45) is 0 Å². The van der Waals surface area contributed by atoms with Crippen molar-refractivity contribution in [2.45, 2.75) is 77.0 Å². The standard InChI is InChI=1S/2C6H12.2H2S/c2*1-2-4-6-5-3-1;;/h2*1-6H2;2*1H2. The maximum absolute atomic E-state index is 1.50. The molecule has 88 valence electrons. The summed E-state index contributed by atoms with van der Waals surface area (Å²) >= 11 is 0. The normalized spacial score (nSPS) is 20.6. The van der Waals surface area contributed by atoms with Gasteiger partial charge in [-0.2, -0.15) is 27.0 Å². The molecule has 14 heavy (non-hydrogen) atoms. The minimum atomic E-state index is 0. The fourth-order valence-electron chi connectivity index (χ4n) is 2.12. The number of hydrogen-bond acceptors (Lipinski definition) is 0. The molecule has 0 aromatic rings. The van der Waals surface area contributed by atoms with Gasteiger partial charge in [-0.25, -0.2) is 0 Å². The van der Waals surface area contributed by atoms with Gasteiger partial charge < -0.3 is 0 Å². The van der Waals surface area contributed by atoms with E-state index in [1.807, 2.05) is 0 Å². The molecule has 2 heteroatoms. The molecule has 2 fully saturated rings. The summed E-state index contributed by atoms with van der Waals surface area (Å²) in [6.07, 6.45) is 18.0. The molecule has 2 saturated carbocycles. The quantitative estimate of drug-likeness (QED) is 0.561. The van der Waals surface area contributed by atoms with Gasteiger partial charge in [0, 0.05) is 0 Å². The molecule has 0 radical (unpaired) electrons. The van der Waals surface area contributed by atoms with Crippen LogP contribution in [0.1, 0.15) is 77.0 Å². The summed E-state index contributed by atoms with van der Waals surface area (Å²) in [5.41, 5.74) is 0. The largest absolute Gasteiger partial charge is 0.197 e. The van der Waals surface area contributed by atoms with Crippen LogP contribution in [0.2, 0.25) is 0 Å². The molecule has 0 atom stereocenters. The van der Waals surface area contributed by atoms with Gasteiger partial charge in [0.25, 0.3) is 0 Å². The maximum Gasteiger partial charge on any atom is -0.0533 e. The molecule has 2 aliphatic carbocycles. The Labute approximate surface area is 104 Å². The van der Waals surface area contributed by atoms with Gasteiger partial charge in [-0.05, 0) is 0 Å². The zero-order valence-corrected chi connectivity index (χ0v) is 11.5. The molecule has 2 rings (SSSR count). The molecule has 0 saturated heterocycles. The molecule has 2 aliphatic rings. The highest BCUT2D eigenvalue weighted by Gasteiger charge is 1.96. The Hall–Kier alpha value is 0.700. The molecule has 0 amide bonds. The van der Waals surface area contributed by atoms with Gasteiger partial charge in [0.05, 0.1) is 0 Å². The highest BCUT2D eigenvalue weighted by molar-refractivity contribution is 7.59. The molecule has 0 heterocycles. The first-order valence-electron chi connectivity index (χ1n) is 6.00. The van der Waals surface area contributed by atoms with Crippen molar-refractivity contribution < 1.29 is 0 Å². The molecule has 0 aromatic carbocycles. The Morgan fingerprint density at radius 3 is 0.357 bits per heavy atom. The lowest BCUT2D eigenvalue weighted by Crippen LogP contribution is -1.85. The van der Waals surface area contributed by atoms with Crippen LogP contribution in [0.4, 0.5) is 0 Å². The summed E-state index contributed by atoms with van der Waals surface area (Å²) in [5, 5.41) is 0. The fraction of sp³-hybridized carbons (Fsp3) is 1.00. The van der Waals surface area contributed by atoms with E-state index in [0.717, 1.165) is 0 Å². The van der Waals surface area contributed by atoms with Crippen molar-refractivity contribution in [2.75, 3.05) is 0 Å². The first kappa shape index (κ1) is 17.1. The molecule has 0 aliphatic heterocycles. The van der Waals surface area contributed by atoms with E-state index in [-0.39, 0.29) is 27.0 Å². The van der Waals surface area contributed by atoms with Crippen molar-refractivity contribution >= 4 is 27.0 Å². The summed E-state index contributed by atoms with van der Waals surface area (Å²) in [6, 6.07) is 0. The molecule has 0 N–H and O–H groups in total. The zero-order valence-electron chi connectivity index (χ0n) is 9.49. The van der Waals surface area contributed by atoms with Crippen LogP contribution in [0.25, 0.3) is 0 Å². The lowest BCUT2D eigenvalue weighted by Gasteiger charge is -2.05. The van der Waals surface area contributed by atoms with E-state index < -0.39 is 0 Å². The van der Waals surface area contributed by atoms with Gasteiger partial charge >= 0.3 is 0 Å². The predicted octanol–water partition coefficient (Wildman–Crippen LogP) is 4.91. The van der Waals surface area contributed by atoms with Crippen LogP contribution in [0, 0.1) is 0 Å².